The molecule has 0 saturated heterocycles. The van der Waals surface area contributed by atoms with Gasteiger partial charge in [-0.25, -0.2) is 8.42 Å². The van der Waals surface area contributed by atoms with Gasteiger partial charge < -0.3 is 15.4 Å². The van der Waals surface area contributed by atoms with Gasteiger partial charge in [0.2, 0.25) is 11.8 Å². The van der Waals surface area contributed by atoms with Crippen molar-refractivity contribution in [3.05, 3.63) is 24.3 Å². The van der Waals surface area contributed by atoms with Crippen molar-refractivity contribution in [1.29, 1.82) is 5.26 Å². The standard InChI is InChI=1S/C20H27N3O5S/c1-15(24)22-12-13-28-17-6-8-18(9-7-17)29(26,27)14-16-4-2-3-5-19(16)20(25)23-11-10-21/h6-9,16,19H,2-5,11-14H2,1H3,(H,22,24)(H,23,25)/t16-,19+/m0/s1. The van der Waals surface area contributed by atoms with Crippen molar-refractivity contribution in [3.63, 3.8) is 0 Å². The van der Waals surface area contributed by atoms with E-state index < -0.39 is 9.84 Å². The Bertz CT molecular complexity index is 846. The van der Waals surface area contributed by atoms with Crippen LogP contribution in [-0.4, -0.2) is 45.7 Å². The summed E-state index contributed by atoms with van der Waals surface area (Å²) in [6.45, 7) is 2.00. The van der Waals surface area contributed by atoms with Crippen molar-refractivity contribution in [2.45, 2.75) is 37.5 Å². The zero-order chi connectivity index (χ0) is 21.3. The number of hydrogen-bond donors (Lipinski definition) is 2. The van der Waals surface area contributed by atoms with Crippen molar-refractivity contribution < 1.29 is 22.7 Å². The van der Waals surface area contributed by atoms with Crippen molar-refractivity contribution in [3.8, 4) is 11.8 Å². The van der Waals surface area contributed by atoms with Crippen molar-refractivity contribution >= 4 is 21.7 Å². The first-order chi connectivity index (χ1) is 13.8. The number of hydrogen-bond acceptors (Lipinski definition) is 6. The van der Waals surface area contributed by atoms with Crippen LogP contribution in [-0.2, 0) is 19.4 Å². The molecule has 1 aliphatic rings. The van der Waals surface area contributed by atoms with E-state index in [4.69, 9.17) is 10.00 Å². The van der Waals surface area contributed by atoms with Crippen molar-refractivity contribution in [2.24, 2.45) is 11.8 Å². The van der Waals surface area contributed by atoms with Gasteiger partial charge in [-0.15, -0.1) is 0 Å². The van der Waals surface area contributed by atoms with Crippen molar-refractivity contribution in [1.82, 2.24) is 10.6 Å². The number of benzene rings is 1. The Morgan fingerprint density at radius 2 is 1.86 bits per heavy atom. The topological polar surface area (TPSA) is 125 Å². The number of amides is 2. The fraction of sp³-hybridized carbons (Fsp3) is 0.550. The van der Waals surface area contributed by atoms with E-state index in [2.05, 4.69) is 10.6 Å². The van der Waals surface area contributed by atoms with E-state index in [0.717, 1.165) is 12.8 Å². The molecule has 0 aliphatic heterocycles. The van der Waals surface area contributed by atoms with Gasteiger partial charge in [0.1, 0.15) is 18.9 Å². The van der Waals surface area contributed by atoms with Crippen LogP contribution in [0.1, 0.15) is 32.6 Å². The first kappa shape index (κ1) is 22.7. The van der Waals surface area contributed by atoms with Crippen LogP contribution >= 0.6 is 0 Å². The largest absolute Gasteiger partial charge is 0.492 e. The highest BCUT2D eigenvalue weighted by Gasteiger charge is 2.34. The molecule has 2 amide bonds. The molecule has 0 radical (unpaired) electrons. The third kappa shape index (κ3) is 7.06. The van der Waals surface area contributed by atoms with Gasteiger partial charge in [0, 0.05) is 12.8 Å². The van der Waals surface area contributed by atoms with Crippen LogP contribution in [0.25, 0.3) is 0 Å². The molecular formula is C20H27N3O5S. The predicted octanol–water partition coefficient (Wildman–Crippen LogP) is 1.42. The number of carbonyl (C=O) groups excluding carboxylic acids is 2. The Labute approximate surface area is 171 Å². The Hall–Kier alpha value is -2.60. The summed E-state index contributed by atoms with van der Waals surface area (Å²) in [5.74, 6) is -0.614. The molecule has 0 bridgehead atoms. The molecule has 0 heterocycles. The minimum absolute atomic E-state index is 0.0712. The molecule has 2 rings (SSSR count). The smallest absolute Gasteiger partial charge is 0.224 e. The number of nitrogens with zero attached hydrogens (tertiary/aromatic N) is 1. The van der Waals surface area contributed by atoms with E-state index >= 15 is 0 Å². The average Bonchev–Trinajstić information content (AvgIpc) is 2.70. The molecular weight excluding hydrogens is 394 g/mol. The van der Waals surface area contributed by atoms with E-state index in [-0.39, 0.29) is 47.5 Å². The van der Waals surface area contributed by atoms with Gasteiger partial charge in [-0.05, 0) is 43.0 Å². The van der Waals surface area contributed by atoms with Gasteiger partial charge in [0.15, 0.2) is 9.84 Å². The summed E-state index contributed by atoms with van der Waals surface area (Å²) >= 11 is 0. The summed E-state index contributed by atoms with van der Waals surface area (Å²) in [5.41, 5.74) is 0. The molecule has 29 heavy (non-hydrogen) atoms. The molecule has 158 valence electrons. The Morgan fingerprint density at radius 3 is 2.52 bits per heavy atom. The monoisotopic (exact) mass is 421 g/mol. The van der Waals surface area contributed by atoms with Crippen LogP contribution in [0, 0.1) is 23.2 Å². The molecule has 0 unspecified atom stereocenters. The van der Waals surface area contributed by atoms with E-state index in [9.17, 15) is 18.0 Å². The minimum Gasteiger partial charge on any atom is -0.492 e. The zero-order valence-corrected chi connectivity index (χ0v) is 17.3. The van der Waals surface area contributed by atoms with E-state index in [1.54, 1.807) is 12.1 Å². The SMILES string of the molecule is CC(=O)NCCOc1ccc(S(=O)(=O)C[C@@H]2CCCC[C@H]2C(=O)NCC#N)cc1. The fourth-order valence-corrected chi connectivity index (χ4v) is 5.23. The van der Waals surface area contributed by atoms with E-state index in [1.807, 2.05) is 6.07 Å². The second-order valence-corrected chi connectivity index (χ2v) is 9.15. The Balaban J connectivity index is 1.99. The first-order valence-electron chi connectivity index (χ1n) is 9.68. The van der Waals surface area contributed by atoms with Crippen molar-refractivity contribution in [2.75, 3.05) is 25.4 Å². The molecule has 1 aromatic carbocycles. The lowest BCUT2D eigenvalue weighted by Gasteiger charge is -2.30. The van der Waals surface area contributed by atoms with Crippen LogP contribution in [0.3, 0.4) is 0 Å². The molecule has 1 aliphatic carbocycles. The Kier molecular flexibility index (Phi) is 8.46. The maximum atomic E-state index is 12.9. The number of nitriles is 1. The van der Waals surface area contributed by atoms with E-state index in [1.165, 1.54) is 19.1 Å². The highest BCUT2D eigenvalue weighted by Crippen LogP contribution is 2.33. The van der Waals surface area contributed by atoms with Crippen LogP contribution in [0.15, 0.2) is 29.2 Å². The summed E-state index contributed by atoms with van der Waals surface area (Å²) in [5, 5.41) is 13.8. The van der Waals surface area contributed by atoms with Gasteiger partial charge in [0.05, 0.1) is 23.3 Å². The van der Waals surface area contributed by atoms with Crippen LogP contribution in [0.2, 0.25) is 0 Å². The summed E-state index contributed by atoms with van der Waals surface area (Å²) < 4.78 is 31.2. The molecule has 1 fully saturated rings. The summed E-state index contributed by atoms with van der Waals surface area (Å²) in [4.78, 5) is 23.3. The maximum absolute atomic E-state index is 12.9. The van der Waals surface area contributed by atoms with Crippen LogP contribution < -0.4 is 15.4 Å². The number of ether oxygens (including phenoxy) is 1. The zero-order valence-electron chi connectivity index (χ0n) is 16.5. The minimum atomic E-state index is -3.56. The molecule has 1 saturated carbocycles. The number of sulfone groups is 1. The molecule has 1 aromatic rings. The van der Waals surface area contributed by atoms with Gasteiger partial charge in [-0.1, -0.05) is 12.8 Å². The number of rotatable bonds is 9. The highest BCUT2D eigenvalue weighted by atomic mass is 32.2. The summed E-state index contributed by atoms with van der Waals surface area (Å²) in [7, 11) is -3.56. The fourth-order valence-electron chi connectivity index (χ4n) is 3.53. The van der Waals surface area contributed by atoms with Gasteiger partial charge in [0.25, 0.3) is 0 Å². The highest BCUT2D eigenvalue weighted by molar-refractivity contribution is 7.91. The molecule has 9 heteroatoms. The van der Waals surface area contributed by atoms with Gasteiger partial charge >= 0.3 is 0 Å². The number of carbonyl (C=O) groups is 2. The average molecular weight is 422 g/mol. The van der Waals surface area contributed by atoms with E-state index in [0.29, 0.717) is 25.1 Å². The molecule has 2 N–H and O–H groups in total. The van der Waals surface area contributed by atoms with Gasteiger partial charge in [-0.2, -0.15) is 5.26 Å². The molecule has 0 spiro atoms. The molecule has 2 atom stereocenters. The second-order valence-electron chi connectivity index (χ2n) is 7.11. The first-order valence-corrected chi connectivity index (χ1v) is 11.3. The Morgan fingerprint density at radius 1 is 1.17 bits per heavy atom. The third-order valence-corrected chi connectivity index (χ3v) is 6.81. The normalized spacial score (nSPS) is 19.0. The number of nitrogens with one attached hydrogen (secondary N) is 2. The summed E-state index contributed by atoms with van der Waals surface area (Å²) in [6.07, 6.45) is 3.09. The van der Waals surface area contributed by atoms with Crippen LogP contribution in [0.4, 0.5) is 0 Å². The summed E-state index contributed by atoms with van der Waals surface area (Å²) in [6, 6.07) is 8.03. The lowest BCUT2D eigenvalue weighted by Crippen LogP contribution is -2.39. The second kappa shape index (κ2) is 10.8. The third-order valence-electron chi connectivity index (χ3n) is 4.95. The molecule has 0 aromatic heterocycles. The quantitative estimate of drug-likeness (QED) is 0.459. The predicted molar refractivity (Wildman–Crippen MR) is 107 cm³/mol. The maximum Gasteiger partial charge on any atom is 0.224 e. The molecule has 8 nitrogen and oxygen atoms in total. The van der Waals surface area contributed by atoms with Crippen LogP contribution in [0.5, 0.6) is 5.75 Å². The van der Waals surface area contributed by atoms with Gasteiger partial charge in [-0.3, -0.25) is 9.59 Å². The lowest BCUT2D eigenvalue weighted by molar-refractivity contribution is -0.127. The lowest BCUT2D eigenvalue weighted by atomic mass is 9.80.